The fourth-order valence-electron chi connectivity index (χ4n) is 3.84. The summed E-state index contributed by atoms with van der Waals surface area (Å²) >= 11 is 5.95. The zero-order valence-corrected chi connectivity index (χ0v) is 15.3. The van der Waals surface area contributed by atoms with E-state index in [9.17, 15) is 13.2 Å². The molecule has 0 saturated heterocycles. The van der Waals surface area contributed by atoms with E-state index < -0.39 is 9.84 Å². The third kappa shape index (κ3) is 3.77. The van der Waals surface area contributed by atoms with E-state index in [1.54, 1.807) is 0 Å². The zero-order chi connectivity index (χ0) is 17.2. The van der Waals surface area contributed by atoms with Crippen molar-refractivity contribution in [3.63, 3.8) is 0 Å². The number of halogens is 1. The molecule has 0 aromatic heterocycles. The summed E-state index contributed by atoms with van der Waals surface area (Å²) in [6, 6.07) is 7.73. The van der Waals surface area contributed by atoms with Crippen LogP contribution < -0.4 is 5.32 Å². The molecule has 1 aromatic rings. The first-order valence-electron chi connectivity index (χ1n) is 8.66. The van der Waals surface area contributed by atoms with Gasteiger partial charge in [-0.3, -0.25) is 4.79 Å². The van der Waals surface area contributed by atoms with Crippen LogP contribution in [0.25, 0.3) is 0 Å². The number of hydrogen-bond acceptors (Lipinski definition) is 3. The summed E-state index contributed by atoms with van der Waals surface area (Å²) in [5, 5.41) is 3.24. The van der Waals surface area contributed by atoms with Gasteiger partial charge in [0.2, 0.25) is 5.91 Å². The van der Waals surface area contributed by atoms with Gasteiger partial charge in [0.25, 0.3) is 0 Å². The van der Waals surface area contributed by atoms with Crippen molar-refractivity contribution in [2.45, 2.75) is 55.6 Å². The Hall–Kier alpha value is -1.07. The summed E-state index contributed by atoms with van der Waals surface area (Å²) in [5.41, 5.74) is 1.09. The van der Waals surface area contributed by atoms with Gasteiger partial charge in [0, 0.05) is 17.0 Å². The van der Waals surface area contributed by atoms with Crippen molar-refractivity contribution in [1.82, 2.24) is 5.32 Å². The SMILES string of the molecule is O=C(CS(=O)(=O)C1CCCC1)NCC1(c2ccc(Cl)cc2)CCC1. The van der Waals surface area contributed by atoms with Gasteiger partial charge in [0.05, 0.1) is 5.25 Å². The maximum Gasteiger partial charge on any atom is 0.235 e. The first-order chi connectivity index (χ1) is 11.4. The highest BCUT2D eigenvalue weighted by Gasteiger charge is 2.39. The minimum Gasteiger partial charge on any atom is -0.354 e. The molecule has 2 saturated carbocycles. The Morgan fingerprint density at radius 3 is 2.29 bits per heavy atom. The van der Waals surface area contributed by atoms with Crippen LogP contribution in [0, 0.1) is 0 Å². The maximum absolute atomic E-state index is 12.3. The average molecular weight is 370 g/mol. The maximum atomic E-state index is 12.3. The van der Waals surface area contributed by atoms with Crippen molar-refractivity contribution < 1.29 is 13.2 Å². The Balaban J connectivity index is 1.59. The minimum atomic E-state index is -3.32. The van der Waals surface area contributed by atoms with Crippen LogP contribution in [0.15, 0.2) is 24.3 Å². The number of benzene rings is 1. The number of sulfone groups is 1. The summed E-state index contributed by atoms with van der Waals surface area (Å²) in [6.07, 6.45) is 6.43. The van der Waals surface area contributed by atoms with Crippen LogP contribution in [0.1, 0.15) is 50.5 Å². The number of carbonyl (C=O) groups is 1. The molecule has 0 aliphatic heterocycles. The number of nitrogens with one attached hydrogen (secondary N) is 1. The largest absolute Gasteiger partial charge is 0.354 e. The van der Waals surface area contributed by atoms with E-state index >= 15 is 0 Å². The molecule has 2 aliphatic carbocycles. The number of carbonyl (C=O) groups excluding carboxylic acids is 1. The lowest BCUT2D eigenvalue weighted by Gasteiger charge is -2.42. The number of amides is 1. The molecule has 0 radical (unpaired) electrons. The second kappa shape index (κ2) is 7.04. The fraction of sp³-hybridized carbons (Fsp3) is 0.611. The van der Waals surface area contributed by atoms with Crippen molar-refractivity contribution in [1.29, 1.82) is 0 Å². The molecule has 6 heteroatoms. The van der Waals surface area contributed by atoms with Crippen LogP contribution in [-0.2, 0) is 20.0 Å². The van der Waals surface area contributed by atoms with Crippen LogP contribution in [0.3, 0.4) is 0 Å². The molecular weight excluding hydrogens is 346 g/mol. The summed E-state index contributed by atoms with van der Waals surface area (Å²) in [7, 11) is -3.32. The Morgan fingerprint density at radius 1 is 1.12 bits per heavy atom. The van der Waals surface area contributed by atoms with Gasteiger partial charge in [0.15, 0.2) is 9.84 Å². The zero-order valence-electron chi connectivity index (χ0n) is 13.8. The first kappa shape index (κ1) is 17.7. The van der Waals surface area contributed by atoms with E-state index in [4.69, 9.17) is 11.6 Å². The second-order valence-corrected chi connectivity index (χ2v) is 9.85. The lowest BCUT2D eigenvalue weighted by atomic mass is 9.64. The molecule has 24 heavy (non-hydrogen) atoms. The highest BCUT2D eigenvalue weighted by molar-refractivity contribution is 7.92. The smallest absolute Gasteiger partial charge is 0.235 e. The van der Waals surface area contributed by atoms with Gasteiger partial charge in [0.1, 0.15) is 5.75 Å². The summed E-state index contributed by atoms with van der Waals surface area (Å²) in [5.74, 6) is -0.754. The van der Waals surface area contributed by atoms with Crippen LogP contribution >= 0.6 is 11.6 Å². The molecule has 0 unspecified atom stereocenters. The van der Waals surface area contributed by atoms with Crippen molar-refractivity contribution in [2.24, 2.45) is 0 Å². The summed E-state index contributed by atoms with van der Waals surface area (Å²) in [6.45, 7) is 0.494. The third-order valence-electron chi connectivity index (χ3n) is 5.53. The van der Waals surface area contributed by atoms with E-state index in [1.807, 2.05) is 24.3 Å². The van der Waals surface area contributed by atoms with Crippen molar-refractivity contribution in [3.8, 4) is 0 Å². The molecule has 1 N–H and O–H groups in total. The Bertz CT molecular complexity index is 689. The van der Waals surface area contributed by atoms with E-state index in [2.05, 4.69) is 5.32 Å². The van der Waals surface area contributed by atoms with Crippen molar-refractivity contribution in [3.05, 3.63) is 34.9 Å². The molecule has 0 atom stereocenters. The van der Waals surface area contributed by atoms with Gasteiger partial charge in [-0.1, -0.05) is 43.0 Å². The van der Waals surface area contributed by atoms with Gasteiger partial charge in [-0.2, -0.15) is 0 Å². The molecule has 132 valence electrons. The molecule has 0 spiro atoms. The van der Waals surface area contributed by atoms with E-state index in [-0.39, 0.29) is 22.3 Å². The highest BCUT2D eigenvalue weighted by Crippen LogP contribution is 2.43. The second-order valence-electron chi connectivity index (χ2n) is 7.13. The lowest BCUT2D eigenvalue weighted by molar-refractivity contribution is -0.119. The Labute approximate surface area is 148 Å². The van der Waals surface area contributed by atoms with Gasteiger partial charge >= 0.3 is 0 Å². The monoisotopic (exact) mass is 369 g/mol. The number of rotatable bonds is 6. The highest BCUT2D eigenvalue weighted by atomic mass is 35.5. The van der Waals surface area contributed by atoms with Gasteiger partial charge in [-0.25, -0.2) is 8.42 Å². The minimum absolute atomic E-state index is 0.0721. The molecular formula is C18H24ClNO3S. The fourth-order valence-corrected chi connectivity index (χ4v) is 5.72. The average Bonchev–Trinajstić information content (AvgIpc) is 3.02. The van der Waals surface area contributed by atoms with Crippen LogP contribution in [0.5, 0.6) is 0 Å². The molecule has 0 heterocycles. The summed E-state index contributed by atoms with van der Waals surface area (Å²) < 4.78 is 24.6. The Morgan fingerprint density at radius 2 is 1.75 bits per heavy atom. The van der Waals surface area contributed by atoms with Gasteiger partial charge in [-0.15, -0.1) is 0 Å². The van der Waals surface area contributed by atoms with Crippen LogP contribution in [0.2, 0.25) is 5.02 Å². The van der Waals surface area contributed by atoms with Gasteiger partial charge in [-0.05, 0) is 43.4 Å². The normalized spacial score (nSPS) is 20.5. The number of hydrogen-bond donors (Lipinski definition) is 1. The topological polar surface area (TPSA) is 63.2 Å². The molecule has 2 aliphatic rings. The molecule has 3 rings (SSSR count). The Kier molecular flexibility index (Phi) is 5.21. The first-order valence-corrected chi connectivity index (χ1v) is 10.7. The van der Waals surface area contributed by atoms with E-state index in [1.165, 1.54) is 0 Å². The molecule has 4 nitrogen and oxygen atoms in total. The van der Waals surface area contributed by atoms with Crippen LogP contribution in [0.4, 0.5) is 0 Å². The standard InChI is InChI=1S/C18H24ClNO3S/c19-15-8-6-14(7-9-15)18(10-3-11-18)13-20-17(21)12-24(22,23)16-4-1-2-5-16/h6-9,16H,1-5,10-13H2,(H,20,21). The van der Waals surface area contributed by atoms with E-state index in [0.717, 1.165) is 37.7 Å². The molecule has 0 bridgehead atoms. The van der Waals surface area contributed by atoms with Gasteiger partial charge < -0.3 is 5.32 Å². The van der Waals surface area contributed by atoms with Crippen molar-refractivity contribution in [2.75, 3.05) is 12.3 Å². The summed E-state index contributed by atoms with van der Waals surface area (Å²) in [4.78, 5) is 12.2. The third-order valence-corrected chi connectivity index (χ3v) is 7.94. The predicted molar refractivity (Wildman–Crippen MR) is 96.0 cm³/mol. The molecule has 1 aromatic carbocycles. The van der Waals surface area contributed by atoms with Crippen LogP contribution in [-0.4, -0.2) is 31.9 Å². The molecule has 1 amide bonds. The lowest BCUT2D eigenvalue weighted by Crippen LogP contribution is -2.47. The quantitative estimate of drug-likeness (QED) is 0.837. The van der Waals surface area contributed by atoms with Crippen molar-refractivity contribution >= 4 is 27.3 Å². The molecule has 2 fully saturated rings. The predicted octanol–water partition coefficient (Wildman–Crippen LogP) is 3.24. The van der Waals surface area contributed by atoms with E-state index in [0.29, 0.717) is 24.4 Å².